The number of ether oxygens (including phenoxy) is 3. The number of nitrogens with zero attached hydrogens (tertiary/aromatic N) is 1. The monoisotopic (exact) mass is 461 g/mol. The number of halogens is 1. The molecule has 5 nitrogen and oxygen atoms in total. The second-order valence-corrected chi connectivity index (χ2v) is 9.91. The Morgan fingerprint density at radius 1 is 1.15 bits per heavy atom. The van der Waals surface area contributed by atoms with Crippen LogP contribution in [-0.4, -0.2) is 35.5 Å². The number of fused-ring (bicyclic) bond motifs is 3. The molecule has 0 bridgehead atoms. The molecule has 2 aromatic carbocycles. The van der Waals surface area contributed by atoms with Gasteiger partial charge in [0.1, 0.15) is 23.8 Å². The van der Waals surface area contributed by atoms with Crippen molar-refractivity contribution in [2.75, 3.05) is 19.8 Å². The predicted octanol–water partition coefficient (Wildman–Crippen LogP) is 4.96. The van der Waals surface area contributed by atoms with Crippen molar-refractivity contribution in [2.45, 2.75) is 44.3 Å². The quantitative estimate of drug-likeness (QED) is 0.514. The Hall–Kier alpha value is -2.96. The van der Waals surface area contributed by atoms with Crippen LogP contribution >= 0.6 is 0 Å². The van der Waals surface area contributed by atoms with Crippen molar-refractivity contribution in [3.8, 4) is 22.8 Å². The Morgan fingerprint density at radius 2 is 2.03 bits per heavy atom. The van der Waals surface area contributed by atoms with Gasteiger partial charge in [0.25, 0.3) is 0 Å². The number of aryl methyl sites for hydroxylation is 1. The van der Waals surface area contributed by atoms with Gasteiger partial charge in [0.2, 0.25) is 5.88 Å². The zero-order chi connectivity index (χ0) is 23.3. The van der Waals surface area contributed by atoms with Crippen LogP contribution in [0.25, 0.3) is 11.1 Å². The summed E-state index contributed by atoms with van der Waals surface area (Å²) >= 11 is 0. The SMILES string of the molecule is Cc1cc(OCCC2(O)COC2)ncc1-c1ccc(F)c(COc2ccc3c(c2)CC2CC32)c1. The van der Waals surface area contributed by atoms with E-state index in [1.165, 1.54) is 23.6 Å². The highest BCUT2D eigenvalue weighted by Gasteiger charge is 2.44. The third kappa shape index (κ3) is 4.17. The largest absolute Gasteiger partial charge is 0.489 e. The van der Waals surface area contributed by atoms with Gasteiger partial charge in [-0.1, -0.05) is 12.1 Å². The first-order valence-corrected chi connectivity index (χ1v) is 11.9. The van der Waals surface area contributed by atoms with E-state index in [4.69, 9.17) is 14.2 Å². The second kappa shape index (κ2) is 8.36. The molecule has 0 spiro atoms. The van der Waals surface area contributed by atoms with Gasteiger partial charge in [0, 0.05) is 29.8 Å². The number of rotatable bonds is 8. The van der Waals surface area contributed by atoms with E-state index in [1.807, 2.05) is 25.1 Å². The van der Waals surface area contributed by atoms with Crippen molar-refractivity contribution < 1.29 is 23.7 Å². The van der Waals surface area contributed by atoms with E-state index < -0.39 is 5.60 Å². The predicted molar refractivity (Wildman–Crippen MR) is 126 cm³/mol. The van der Waals surface area contributed by atoms with E-state index in [0.717, 1.165) is 40.7 Å². The van der Waals surface area contributed by atoms with Crippen molar-refractivity contribution in [2.24, 2.45) is 5.92 Å². The molecular weight excluding hydrogens is 433 g/mol. The molecule has 1 saturated carbocycles. The van der Waals surface area contributed by atoms with Crippen LogP contribution in [0.15, 0.2) is 48.7 Å². The Balaban J connectivity index is 1.12. The van der Waals surface area contributed by atoms with Crippen molar-refractivity contribution >= 4 is 0 Å². The first kappa shape index (κ1) is 21.6. The average Bonchev–Trinajstić information content (AvgIpc) is 3.48. The van der Waals surface area contributed by atoms with E-state index in [-0.39, 0.29) is 12.4 Å². The lowest BCUT2D eigenvalue weighted by Crippen LogP contribution is -2.50. The molecule has 34 heavy (non-hydrogen) atoms. The molecular formula is C28H28FNO4. The standard InChI is InChI=1S/C28H28FNO4/c1-17-8-27(33-7-6-28(31)15-32-16-28)30-13-25(17)18-2-5-26(29)21(9-18)14-34-22-3-4-23-19(11-22)10-20-12-24(20)23/h2-5,8-9,11,13,20,24,31H,6-7,10,12,14-16H2,1H3. The number of pyridine rings is 1. The van der Waals surface area contributed by atoms with Crippen LogP contribution in [0.4, 0.5) is 4.39 Å². The van der Waals surface area contributed by atoms with Crippen LogP contribution < -0.4 is 9.47 Å². The summed E-state index contributed by atoms with van der Waals surface area (Å²) < 4.78 is 31.3. The normalized spacial score (nSPS) is 21.4. The Morgan fingerprint density at radius 3 is 2.82 bits per heavy atom. The number of benzene rings is 2. The van der Waals surface area contributed by atoms with Gasteiger partial charge in [0.05, 0.1) is 19.8 Å². The molecule has 0 radical (unpaired) electrons. The molecule has 6 rings (SSSR count). The molecule has 1 aromatic heterocycles. The minimum Gasteiger partial charge on any atom is -0.489 e. The Kier molecular flexibility index (Phi) is 5.30. The lowest BCUT2D eigenvalue weighted by Gasteiger charge is -2.36. The first-order valence-electron chi connectivity index (χ1n) is 11.9. The molecule has 176 valence electrons. The third-order valence-corrected chi connectivity index (χ3v) is 7.31. The topological polar surface area (TPSA) is 60.8 Å². The molecule has 2 unspecified atom stereocenters. The smallest absolute Gasteiger partial charge is 0.213 e. The van der Waals surface area contributed by atoms with Crippen LogP contribution in [0.3, 0.4) is 0 Å². The van der Waals surface area contributed by atoms with Gasteiger partial charge < -0.3 is 19.3 Å². The summed E-state index contributed by atoms with van der Waals surface area (Å²) in [4.78, 5) is 4.41. The lowest BCUT2D eigenvalue weighted by atomic mass is 9.99. The Bertz CT molecular complexity index is 1240. The maximum atomic E-state index is 14.6. The molecule has 0 amide bonds. The highest BCUT2D eigenvalue weighted by molar-refractivity contribution is 5.67. The molecule has 3 aromatic rings. The van der Waals surface area contributed by atoms with Crippen molar-refractivity contribution in [1.82, 2.24) is 4.98 Å². The molecule has 2 aliphatic carbocycles. The maximum absolute atomic E-state index is 14.6. The summed E-state index contributed by atoms with van der Waals surface area (Å²) in [5, 5.41) is 10.1. The van der Waals surface area contributed by atoms with E-state index in [2.05, 4.69) is 17.1 Å². The highest BCUT2D eigenvalue weighted by atomic mass is 19.1. The molecule has 2 heterocycles. The van der Waals surface area contributed by atoms with Gasteiger partial charge in [-0.25, -0.2) is 9.37 Å². The van der Waals surface area contributed by atoms with Crippen molar-refractivity contribution in [3.05, 3.63) is 76.7 Å². The molecule has 2 fully saturated rings. The van der Waals surface area contributed by atoms with Crippen LogP contribution in [0, 0.1) is 18.7 Å². The molecule has 3 aliphatic rings. The molecule has 1 aliphatic heterocycles. The lowest BCUT2D eigenvalue weighted by molar-refractivity contribution is -0.184. The summed E-state index contributed by atoms with van der Waals surface area (Å²) in [7, 11) is 0. The summed E-state index contributed by atoms with van der Waals surface area (Å²) in [6.07, 6.45) is 4.71. The van der Waals surface area contributed by atoms with Crippen molar-refractivity contribution in [1.29, 1.82) is 0 Å². The molecule has 2 atom stereocenters. The summed E-state index contributed by atoms with van der Waals surface area (Å²) in [5.41, 5.74) is 5.36. The number of hydrogen-bond donors (Lipinski definition) is 1. The summed E-state index contributed by atoms with van der Waals surface area (Å²) in [6.45, 7) is 3.22. The van der Waals surface area contributed by atoms with Crippen LogP contribution in [0.1, 0.15) is 41.0 Å². The fraction of sp³-hybridized carbons (Fsp3) is 0.393. The van der Waals surface area contributed by atoms with E-state index in [0.29, 0.717) is 37.7 Å². The van der Waals surface area contributed by atoms with Gasteiger partial charge in [-0.15, -0.1) is 0 Å². The first-order chi connectivity index (χ1) is 16.5. The van der Waals surface area contributed by atoms with Gasteiger partial charge in [-0.2, -0.15) is 0 Å². The van der Waals surface area contributed by atoms with E-state index >= 15 is 0 Å². The minimum atomic E-state index is -0.776. The second-order valence-electron chi connectivity index (χ2n) is 9.91. The Labute approximate surface area is 198 Å². The van der Waals surface area contributed by atoms with Gasteiger partial charge in [0.15, 0.2) is 0 Å². The zero-order valence-electron chi connectivity index (χ0n) is 19.2. The third-order valence-electron chi connectivity index (χ3n) is 7.31. The van der Waals surface area contributed by atoms with Crippen LogP contribution in [0.5, 0.6) is 11.6 Å². The summed E-state index contributed by atoms with van der Waals surface area (Å²) in [6, 6.07) is 13.2. The molecule has 1 N–H and O–H groups in total. The highest BCUT2D eigenvalue weighted by Crippen LogP contribution is 2.56. The van der Waals surface area contributed by atoms with Gasteiger partial charge in [-0.3, -0.25) is 0 Å². The average molecular weight is 462 g/mol. The van der Waals surface area contributed by atoms with Crippen LogP contribution in [-0.2, 0) is 17.8 Å². The number of aromatic nitrogens is 1. The fourth-order valence-electron chi connectivity index (χ4n) is 5.10. The van der Waals surface area contributed by atoms with E-state index in [9.17, 15) is 9.50 Å². The van der Waals surface area contributed by atoms with Gasteiger partial charge >= 0.3 is 0 Å². The fourth-order valence-corrected chi connectivity index (χ4v) is 5.10. The van der Waals surface area contributed by atoms with Gasteiger partial charge in [-0.05, 0) is 78.1 Å². The zero-order valence-corrected chi connectivity index (χ0v) is 19.2. The van der Waals surface area contributed by atoms with E-state index in [1.54, 1.807) is 12.3 Å². The minimum absolute atomic E-state index is 0.172. The summed E-state index contributed by atoms with van der Waals surface area (Å²) in [5.74, 6) is 2.61. The number of aliphatic hydroxyl groups is 1. The number of hydrogen-bond acceptors (Lipinski definition) is 5. The molecule has 1 saturated heterocycles. The molecule has 6 heteroatoms. The maximum Gasteiger partial charge on any atom is 0.213 e. The van der Waals surface area contributed by atoms with Crippen molar-refractivity contribution in [3.63, 3.8) is 0 Å². The van der Waals surface area contributed by atoms with Crippen LogP contribution in [0.2, 0.25) is 0 Å².